The van der Waals surface area contributed by atoms with Gasteiger partial charge in [-0.25, -0.2) is 8.78 Å². The summed E-state index contributed by atoms with van der Waals surface area (Å²) >= 11 is 0. The highest BCUT2D eigenvalue weighted by molar-refractivity contribution is 6.03. The molecule has 6 heteroatoms. The molecular formula is C21H12F2O4. The van der Waals surface area contributed by atoms with Gasteiger partial charge in [0.05, 0.1) is 0 Å². The molecular weight excluding hydrogens is 354 g/mol. The fourth-order valence-electron chi connectivity index (χ4n) is 3.18. The van der Waals surface area contributed by atoms with E-state index in [1.54, 1.807) is 24.3 Å². The first-order chi connectivity index (χ1) is 12.9. The van der Waals surface area contributed by atoms with E-state index in [1.165, 1.54) is 6.92 Å². The molecule has 0 saturated heterocycles. The summed E-state index contributed by atoms with van der Waals surface area (Å²) in [6.45, 7) is 1.48. The van der Waals surface area contributed by atoms with Crippen molar-refractivity contribution in [2.24, 2.45) is 0 Å². The molecule has 0 atom stereocenters. The Morgan fingerprint density at radius 3 is 2.41 bits per heavy atom. The van der Waals surface area contributed by atoms with Crippen LogP contribution < -0.4 is 5.43 Å². The Morgan fingerprint density at radius 2 is 1.74 bits per heavy atom. The molecule has 134 valence electrons. The second kappa shape index (κ2) is 6.02. The van der Waals surface area contributed by atoms with Gasteiger partial charge in [0.15, 0.2) is 17.4 Å². The number of hydrogen-bond donors (Lipinski definition) is 1. The molecule has 2 aliphatic rings. The van der Waals surface area contributed by atoms with E-state index in [0.717, 1.165) is 18.2 Å². The Balaban J connectivity index is 2.22. The highest BCUT2D eigenvalue weighted by Crippen LogP contribution is 2.43. The van der Waals surface area contributed by atoms with Crippen LogP contribution in [0.1, 0.15) is 15.9 Å². The fourth-order valence-corrected chi connectivity index (χ4v) is 3.18. The third-order valence-corrected chi connectivity index (χ3v) is 4.56. The van der Waals surface area contributed by atoms with Gasteiger partial charge in [0.1, 0.15) is 17.6 Å². The maximum atomic E-state index is 14.2. The van der Waals surface area contributed by atoms with Crippen LogP contribution in [0.4, 0.5) is 8.78 Å². The first kappa shape index (κ1) is 16.9. The van der Waals surface area contributed by atoms with Crippen LogP contribution in [-0.2, 0) is 0 Å². The van der Waals surface area contributed by atoms with Crippen molar-refractivity contribution in [1.82, 2.24) is 0 Å². The zero-order valence-corrected chi connectivity index (χ0v) is 14.0. The standard InChI is InChI=1S/C21H12F2O4/c1-10-20(26)16(23)7-14-19(12-4-2-11(9-24)3-5-12)13-6-15(22)17(25)8-18(13)27-21(10)14/h2-9,26H,1H3. The van der Waals surface area contributed by atoms with E-state index in [1.807, 2.05) is 0 Å². The zero-order valence-electron chi connectivity index (χ0n) is 14.0. The monoisotopic (exact) mass is 366 g/mol. The van der Waals surface area contributed by atoms with Gasteiger partial charge in [-0.15, -0.1) is 0 Å². The number of phenols is 1. The van der Waals surface area contributed by atoms with Crippen molar-refractivity contribution in [3.63, 3.8) is 0 Å². The molecule has 4 nitrogen and oxygen atoms in total. The van der Waals surface area contributed by atoms with Crippen LogP contribution >= 0.6 is 0 Å². The predicted octanol–water partition coefficient (Wildman–Crippen LogP) is 4.67. The summed E-state index contributed by atoms with van der Waals surface area (Å²) < 4.78 is 33.9. The average molecular weight is 366 g/mol. The van der Waals surface area contributed by atoms with E-state index in [9.17, 15) is 23.5 Å². The molecule has 27 heavy (non-hydrogen) atoms. The van der Waals surface area contributed by atoms with Crippen LogP contribution in [-0.4, -0.2) is 11.4 Å². The smallest absolute Gasteiger partial charge is 0.217 e. The van der Waals surface area contributed by atoms with Crippen LogP contribution in [0.15, 0.2) is 51.7 Å². The molecule has 1 heterocycles. The third kappa shape index (κ3) is 2.57. The first-order valence-corrected chi connectivity index (χ1v) is 8.04. The van der Waals surface area contributed by atoms with Crippen molar-refractivity contribution in [3.05, 3.63) is 75.4 Å². The highest BCUT2D eigenvalue weighted by atomic mass is 19.1. The lowest BCUT2D eigenvalue weighted by Crippen LogP contribution is -2.07. The van der Waals surface area contributed by atoms with E-state index in [4.69, 9.17) is 4.42 Å². The largest absolute Gasteiger partial charge is 0.505 e. The quantitative estimate of drug-likeness (QED) is 0.414. The maximum Gasteiger partial charge on any atom is 0.217 e. The summed E-state index contributed by atoms with van der Waals surface area (Å²) in [4.78, 5) is 22.6. The van der Waals surface area contributed by atoms with Gasteiger partial charge in [0.25, 0.3) is 0 Å². The van der Waals surface area contributed by atoms with Gasteiger partial charge < -0.3 is 9.52 Å². The molecule has 2 aromatic rings. The van der Waals surface area contributed by atoms with Crippen LogP contribution in [0.25, 0.3) is 33.4 Å². The van der Waals surface area contributed by atoms with Crippen molar-refractivity contribution in [1.29, 1.82) is 0 Å². The van der Waals surface area contributed by atoms with Crippen molar-refractivity contribution in [3.8, 4) is 28.2 Å². The number of benzene rings is 3. The topological polar surface area (TPSA) is 67.5 Å². The predicted molar refractivity (Wildman–Crippen MR) is 96.2 cm³/mol. The van der Waals surface area contributed by atoms with E-state index in [-0.39, 0.29) is 22.5 Å². The van der Waals surface area contributed by atoms with Crippen LogP contribution in [0.3, 0.4) is 0 Å². The van der Waals surface area contributed by atoms with Gasteiger partial charge in [-0.2, -0.15) is 0 Å². The van der Waals surface area contributed by atoms with E-state index >= 15 is 0 Å². The Bertz CT molecular complexity index is 1240. The summed E-state index contributed by atoms with van der Waals surface area (Å²) in [7, 11) is 0. The molecule has 0 aromatic heterocycles. The first-order valence-electron chi connectivity index (χ1n) is 8.04. The lowest BCUT2D eigenvalue weighted by Gasteiger charge is -2.17. The lowest BCUT2D eigenvalue weighted by molar-refractivity contribution is 0.112. The van der Waals surface area contributed by atoms with Crippen LogP contribution in [0, 0.1) is 18.6 Å². The van der Waals surface area contributed by atoms with Gasteiger partial charge in [-0.1, -0.05) is 24.3 Å². The lowest BCUT2D eigenvalue weighted by atomic mass is 9.92. The molecule has 2 aromatic carbocycles. The molecule has 1 aliphatic heterocycles. The molecule has 0 saturated carbocycles. The molecule has 0 bridgehead atoms. The number of hydrogen-bond acceptors (Lipinski definition) is 4. The van der Waals surface area contributed by atoms with Crippen molar-refractivity contribution in [2.75, 3.05) is 0 Å². The summed E-state index contributed by atoms with van der Waals surface area (Å²) in [5.74, 6) is -2.25. The molecule has 0 amide bonds. The van der Waals surface area contributed by atoms with E-state index in [2.05, 4.69) is 0 Å². The normalized spacial score (nSPS) is 11.2. The van der Waals surface area contributed by atoms with Crippen LogP contribution in [0.5, 0.6) is 5.75 Å². The Morgan fingerprint density at radius 1 is 1.04 bits per heavy atom. The minimum absolute atomic E-state index is 0.109. The van der Waals surface area contributed by atoms with Gasteiger partial charge >= 0.3 is 0 Å². The molecule has 0 unspecified atom stereocenters. The molecule has 0 spiro atoms. The molecule has 1 aliphatic carbocycles. The van der Waals surface area contributed by atoms with Crippen molar-refractivity contribution < 1.29 is 23.1 Å². The fraction of sp³-hybridized carbons (Fsp3) is 0.0476. The molecule has 0 radical (unpaired) electrons. The van der Waals surface area contributed by atoms with Crippen molar-refractivity contribution in [2.45, 2.75) is 6.92 Å². The molecule has 0 fully saturated rings. The summed E-state index contributed by atoms with van der Waals surface area (Å²) in [5.41, 5.74) is 1.25. The third-order valence-electron chi connectivity index (χ3n) is 4.56. The van der Waals surface area contributed by atoms with Crippen LogP contribution in [0.2, 0.25) is 0 Å². The van der Waals surface area contributed by atoms with Gasteiger partial charge in [0, 0.05) is 33.7 Å². The van der Waals surface area contributed by atoms with Gasteiger partial charge in [-0.3, -0.25) is 9.59 Å². The van der Waals surface area contributed by atoms with Gasteiger partial charge in [-0.05, 0) is 24.6 Å². The Labute approximate surface area is 151 Å². The number of aryl methyl sites for hydroxylation is 1. The Kier molecular flexibility index (Phi) is 3.77. The molecule has 4 rings (SSSR count). The average Bonchev–Trinajstić information content (AvgIpc) is 2.67. The minimum atomic E-state index is -0.959. The number of phenolic OH excluding ortho intramolecular Hbond substituents is 1. The number of aromatic hydroxyl groups is 1. The number of carbonyl (C=O) groups excluding carboxylic acids is 1. The number of halogens is 2. The second-order valence-corrected chi connectivity index (χ2v) is 6.20. The number of carbonyl (C=O) groups is 1. The number of rotatable bonds is 2. The number of aldehydes is 1. The summed E-state index contributed by atoms with van der Waals surface area (Å²) in [6.07, 6.45) is 0.686. The second-order valence-electron chi connectivity index (χ2n) is 6.20. The molecule has 1 N–H and O–H groups in total. The Hall–Kier alpha value is -3.54. The minimum Gasteiger partial charge on any atom is -0.505 e. The maximum absolute atomic E-state index is 14.2. The SMILES string of the molecule is Cc1c(O)c(F)cc2c(-c3ccc(C=O)cc3)c3cc(F)c(=O)cc-3oc12. The van der Waals surface area contributed by atoms with Crippen molar-refractivity contribution >= 4 is 17.3 Å². The summed E-state index contributed by atoms with van der Waals surface area (Å²) in [6, 6.07) is 9.60. The highest BCUT2D eigenvalue weighted by Gasteiger charge is 2.22. The van der Waals surface area contributed by atoms with E-state index < -0.39 is 22.8 Å². The zero-order chi connectivity index (χ0) is 19.3. The number of fused-ring (bicyclic) bond motifs is 2. The van der Waals surface area contributed by atoms with E-state index in [0.29, 0.717) is 28.4 Å². The van der Waals surface area contributed by atoms with Gasteiger partial charge in [0.2, 0.25) is 5.43 Å². The summed E-state index contributed by atoms with van der Waals surface area (Å²) in [5, 5.41) is 10.2.